The molecule has 2 aliphatic carbocycles. The summed E-state index contributed by atoms with van der Waals surface area (Å²) in [6.07, 6.45) is 5.84. The molecular weight excluding hydrogens is 380 g/mol. The van der Waals surface area contributed by atoms with Gasteiger partial charge in [0.25, 0.3) is 0 Å². The van der Waals surface area contributed by atoms with Gasteiger partial charge in [0.15, 0.2) is 11.6 Å². The summed E-state index contributed by atoms with van der Waals surface area (Å²) in [5.41, 5.74) is 7.20. The van der Waals surface area contributed by atoms with E-state index in [0.717, 1.165) is 76.9 Å². The lowest BCUT2D eigenvalue weighted by atomic mass is 9.81. The monoisotopic (exact) mass is 405 g/mol. The maximum atomic E-state index is 13.7. The molecular formula is C22H25N6O2+. The molecule has 2 heterocycles. The molecule has 1 aromatic heterocycles. The van der Waals surface area contributed by atoms with E-state index in [4.69, 9.17) is 0 Å². The van der Waals surface area contributed by atoms with Crippen LogP contribution in [0.3, 0.4) is 0 Å². The number of hydrogen-bond acceptors (Lipinski definition) is 6. The zero-order chi connectivity index (χ0) is 21.0. The van der Waals surface area contributed by atoms with E-state index >= 15 is 0 Å². The molecule has 0 amide bonds. The second-order valence-corrected chi connectivity index (χ2v) is 8.33. The van der Waals surface area contributed by atoms with Crippen molar-refractivity contribution in [3.63, 3.8) is 0 Å². The van der Waals surface area contributed by atoms with Crippen molar-refractivity contribution in [1.29, 1.82) is 0 Å². The Hall–Kier alpha value is -3.16. The summed E-state index contributed by atoms with van der Waals surface area (Å²) in [5.74, 6) is 0.0475. The number of benzene rings is 1. The van der Waals surface area contributed by atoms with Crippen LogP contribution in [0.1, 0.15) is 75.9 Å². The Morgan fingerprint density at radius 3 is 2.83 bits per heavy atom. The molecule has 0 fully saturated rings. The number of aryl methyl sites for hydroxylation is 2. The zero-order valence-corrected chi connectivity index (χ0v) is 17.5. The summed E-state index contributed by atoms with van der Waals surface area (Å²) >= 11 is 0. The van der Waals surface area contributed by atoms with Crippen LogP contribution in [0.15, 0.2) is 22.9 Å². The molecule has 2 aromatic rings. The minimum atomic E-state index is -0.156. The predicted octanol–water partition coefficient (Wildman–Crippen LogP) is 1.90. The van der Waals surface area contributed by atoms with Crippen LogP contribution < -0.4 is 10.1 Å². The van der Waals surface area contributed by atoms with E-state index in [2.05, 4.69) is 27.0 Å². The molecule has 1 aliphatic heterocycles. The van der Waals surface area contributed by atoms with Crippen molar-refractivity contribution in [3.8, 4) is 0 Å². The molecule has 0 saturated heterocycles. The number of allylic oxidation sites excluding steroid dienone is 3. The number of carbonyl (C=O) groups excluding carboxylic acids is 2. The van der Waals surface area contributed by atoms with Gasteiger partial charge in [0, 0.05) is 41.8 Å². The van der Waals surface area contributed by atoms with Gasteiger partial charge in [-0.3, -0.25) is 9.59 Å². The third-order valence-corrected chi connectivity index (χ3v) is 6.61. The Balaban J connectivity index is 1.77. The minimum Gasteiger partial charge on any atom is -0.391 e. The summed E-state index contributed by atoms with van der Waals surface area (Å²) in [6, 6.07) is 2.06. The van der Waals surface area contributed by atoms with Crippen molar-refractivity contribution in [1.82, 2.24) is 25.8 Å². The molecule has 1 N–H and O–H groups in total. The molecule has 0 radical (unpaired) electrons. The Morgan fingerprint density at radius 2 is 2.03 bits per heavy atom. The normalized spacial score (nSPS) is 22.1. The first-order valence-electron chi connectivity index (χ1n) is 10.5. The van der Waals surface area contributed by atoms with Gasteiger partial charge in [-0.25, -0.2) is 0 Å². The summed E-state index contributed by atoms with van der Waals surface area (Å²) in [7, 11) is 1.84. The van der Waals surface area contributed by atoms with Crippen molar-refractivity contribution in [2.45, 2.75) is 58.4 Å². The molecule has 154 valence electrons. The molecule has 1 unspecified atom stereocenters. The van der Waals surface area contributed by atoms with Gasteiger partial charge in [0.1, 0.15) is 11.8 Å². The van der Waals surface area contributed by atoms with Gasteiger partial charge < -0.3 is 5.32 Å². The van der Waals surface area contributed by atoms with Crippen molar-refractivity contribution in [3.05, 3.63) is 50.7 Å². The second kappa shape index (κ2) is 6.97. The number of fused-ring (bicyclic) bond motifs is 4. The first kappa shape index (κ1) is 18.8. The third kappa shape index (κ3) is 2.66. The number of hydrogen-bond donors (Lipinski definition) is 1. The molecule has 1 aromatic carbocycles. The van der Waals surface area contributed by atoms with E-state index in [-0.39, 0.29) is 17.5 Å². The molecule has 0 bridgehead atoms. The number of carbonyl (C=O) groups is 2. The van der Waals surface area contributed by atoms with Crippen LogP contribution in [0.2, 0.25) is 0 Å². The second-order valence-electron chi connectivity index (χ2n) is 8.33. The molecule has 0 spiro atoms. The average Bonchev–Trinajstić information content (AvgIpc) is 3.22. The highest BCUT2D eigenvalue weighted by atomic mass is 16.1. The zero-order valence-electron chi connectivity index (χ0n) is 17.5. The summed E-state index contributed by atoms with van der Waals surface area (Å²) in [4.78, 5) is 29.8. The summed E-state index contributed by atoms with van der Waals surface area (Å²) < 4.78 is 0. The van der Waals surface area contributed by atoms with E-state index < -0.39 is 0 Å². The minimum absolute atomic E-state index is 0.0440. The summed E-state index contributed by atoms with van der Waals surface area (Å²) in [5, 5.41) is 15.1. The summed E-state index contributed by atoms with van der Waals surface area (Å²) in [6.45, 7) is 4.67. The van der Waals surface area contributed by atoms with Gasteiger partial charge >= 0.3 is 0 Å². The molecule has 3 aliphatic rings. The van der Waals surface area contributed by atoms with Gasteiger partial charge in [-0.1, -0.05) is 10.9 Å². The lowest BCUT2D eigenvalue weighted by Crippen LogP contribution is -2.43. The van der Waals surface area contributed by atoms with Gasteiger partial charge in [0.05, 0.1) is 6.20 Å². The fourth-order valence-electron chi connectivity index (χ4n) is 5.22. The lowest BCUT2D eigenvalue weighted by Gasteiger charge is -2.22. The van der Waals surface area contributed by atoms with Gasteiger partial charge in [0.2, 0.25) is 10.4 Å². The fourth-order valence-corrected chi connectivity index (χ4v) is 5.22. The Labute approximate surface area is 174 Å². The van der Waals surface area contributed by atoms with Crippen molar-refractivity contribution in [2.75, 3.05) is 7.05 Å². The molecule has 8 heteroatoms. The van der Waals surface area contributed by atoms with E-state index in [1.165, 1.54) is 0 Å². The van der Waals surface area contributed by atoms with Crippen molar-refractivity contribution in [2.24, 2.45) is 0 Å². The molecule has 1 atom stereocenters. The van der Waals surface area contributed by atoms with Crippen LogP contribution in [0, 0.1) is 6.92 Å². The molecule has 0 saturated carbocycles. The number of rotatable bonds is 2. The van der Waals surface area contributed by atoms with Crippen LogP contribution in [-0.4, -0.2) is 39.1 Å². The highest BCUT2D eigenvalue weighted by Gasteiger charge is 2.42. The van der Waals surface area contributed by atoms with E-state index in [1.54, 1.807) is 9.59 Å². The smallest absolute Gasteiger partial charge is 0.231 e. The van der Waals surface area contributed by atoms with Crippen LogP contribution in [-0.2, 0) is 13.0 Å². The fraction of sp³-hybridized carbons (Fsp3) is 0.455. The Bertz CT molecular complexity index is 1160. The molecule has 30 heavy (non-hydrogen) atoms. The topological polar surface area (TPSA) is 93.6 Å². The number of nitrogens with one attached hydrogen (secondary N) is 1. The average molecular weight is 405 g/mol. The van der Waals surface area contributed by atoms with E-state index in [9.17, 15) is 9.59 Å². The van der Waals surface area contributed by atoms with E-state index in [1.807, 2.05) is 27.1 Å². The van der Waals surface area contributed by atoms with Crippen LogP contribution in [0.4, 0.5) is 0 Å². The number of nitrogens with zero attached hydrogens (tertiary/aromatic N) is 5. The number of Topliss-reactive ketones (excluding diaryl/α,β-unsaturated/α-hetero) is 2. The Morgan fingerprint density at radius 1 is 1.20 bits per heavy atom. The van der Waals surface area contributed by atoms with Crippen LogP contribution in [0.25, 0.3) is 6.20 Å². The van der Waals surface area contributed by atoms with Crippen molar-refractivity contribution >= 4 is 17.8 Å². The number of ketones is 2. The SMILES string of the molecule is CN/C(C)=C1\C(=O)c2c(cc(C)c3c2CCCC3=O)C1C1=Cn2nnn[n+]2CCC1. The third-order valence-electron chi connectivity index (χ3n) is 6.61. The van der Waals surface area contributed by atoms with Gasteiger partial charge in [-0.2, -0.15) is 0 Å². The molecule has 8 nitrogen and oxygen atoms in total. The largest absolute Gasteiger partial charge is 0.391 e. The highest BCUT2D eigenvalue weighted by Crippen LogP contribution is 2.48. The number of aromatic nitrogens is 5. The van der Waals surface area contributed by atoms with Crippen LogP contribution >= 0.6 is 0 Å². The first-order chi connectivity index (χ1) is 14.5. The van der Waals surface area contributed by atoms with E-state index in [0.29, 0.717) is 6.42 Å². The predicted molar refractivity (Wildman–Crippen MR) is 109 cm³/mol. The standard InChI is InChI=1S/C22H24N6O2/c1-12-10-16-20(14-6-5-9-27-25-24-26-28(27)11-14)19(13(2)23-3)22(30)21(16)15-7-4-8-17(29)18(12)15/h10-11,20H,4-9H2,1-3H3/p+1. The Kier molecular flexibility index (Phi) is 4.38. The highest BCUT2D eigenvalue weighted by molar-refractivity contribution is 6.18. The van der Waals surface area contributed by atoms with Gasteiger partial charge in [-0.05, 0) is 66.6 Å². The lowest BCUT2D eigenvalue weighted by molar-refractivity contribution is -0.820. The van der Waals surface area contributed by atoms with Crippen molar-refractivity contribution < 1.29 is 14.4 Å². The maximum absolute atomic E-state index is 13.7. The quantitative estimate of drug-likeness (QED) is 0.606. The molecule has 5 rings (SSSR count). The van der Waals surface area contributed by atoms with Crippen LogP contribution in [0.5, 0.6) is 0 Å². The van der Waals surface area contributed by atoms with Gasteiger partial charge in [-0.15, -0.1) is 0 Å². The maximum Gasteiger partial charge on any atom is 0.231 e. The first-order valence-corrected chi connectivity index (χ1v) is 10.5.